The molecule has 2 aliphatic rings. The molecule has 0 spiro atoms. The number of carbonyl (C=O) groups is 1. The van der Waals surface area contributed by atoms with E-state index < -0.39 is 0 Å². The van der Waals surface area contributed by atoms with Gasteiger partial charge in [0.15, 0.2) is 5.78 Å². The van der Waals surface area contributed by atoms with Crippen LogP contribution in [0.1, 0.15) is 42.6 Å². The molecule has 1 nitrogen and oxygen atoms in total. The highest BCUT2D eigenvalue weighted by atomic mass is 32.2. The van der Waals surface area contributed by atoms with Crippen LogP contribution in [0.25, 0.3) is 0 Å². The Hall–Kier alpha value is -0.760. The molecule has 0 atom stereocenters. The molecule has 0 saturated heterocycles. The third-order valence-electron chi connectivity index (χ3n) is 3.30. The number of rotatable bonds is 2. The summed E-state index contributed by atoms with van der Waals surface area (Å²) in [6.07, 6.45) is 3.30. The van der Waals surface area contributed by atoms with E-state index in [1.54, 1.807) is 0 Å². The van der Waals surface area contributed by atoms with Crippen LogP contribution < -0.4 is 0 Å². The number of hydrogen-bond donors (Lipinski definition) is 0. The molecular weight excluding hydrogens is 216 g/mol. The second-order valence-corrected chi connectivity index (χ2v) is 7.25. The van der Waals surface area contributed by atoms with Crippen molar-refractivity contribution in [1.82, 2.24) is 0 Å². The number of benzene rings is 1. The van der Waals surface area contributed by atoms with Crippen molar-refractivity contribution in [2.45, 2.75) is 42.8 Å². The zero-order chi connectivity index (χ0) is 11.3. The standard InChI is InChI=1S/C14H16OS/c1-14(2)8-11-6-5-10(7-12(11)16-14)13(15)9-3-4-9/h5-7,9H,3-4,8H2,1-2H3. The van der Waals surface area contributed by atoms with E-state index in [4.69, 9.17) is 0 Å². The summed E-state index contributed by atoms with van der Waals surface area (Å²) in [6.45, 7) is 4.53. The lowest BCUT2D eigenvalue weighted by atomic mass is 10.00. The van der Waals surface area contributed by atoms with Gasteiger partial charge in [-0.15, -0.1) is 11.8 Å². The molecule has 1 aliphatic carbocycles. The van der Waals surface area contributed by atoms with E-state index in [2.05, 4.69) is 26.0 Å². The SMILES string of the molecule is CC1(C)Cc2ccc(C(=O)C3CC3)cc2S1. The highest BCUT2D eigenvalue weighted by Crippen LogP contribution is 2.45. The first kappa shape index (κ1) is 10.4. The predicted octanol–water partition coefficient (Wildman–Crippen LogP) is 3.71. The Morgan fingerprint density at radius 3 is 2.81 bits per heavy atom. The highest BCUT2D eigenvalue weighted by molar-refractivity contribution is 8.01. The quantitative estimate of drug-likeness (QED) is 0.723. The van der Waals surface area contributed by atoms with E-state index in [1.807, 2.05) is 17.8 Å². The van der Waals surface area contributed by atoms with E-state index in [-0.39, 0.29) is 0 Å². The van der Waals surface area contributed by atoms with Gasteiger partial charge in [0.05, 0.1) is 0 Å². The molecule has 1 aromatic carbocycles. The molecule has 0 N–H and O–H groups in total. The Bertz CT molecular complexity index is 458. The van der Waals surface area contributed by atoms with Crippen LogP contribution in [0.15, 0.2) is 23.1 Å². The molecule has 1 fully saturated rings. The first-order valence-electron chi connectivity index (χ1n) is 5.91. The third kappa shape index (κ3) is 1.80. The minimum atomic E-state index is 0.295. The lowest BCUT2D eigenvalue weighted by Gasteiger charge is -2.13. The summed E-state index contributed by atoms with van der Waals surface area (Å²) < 4.78 is 0.295. The maximum Gasteiger partial charge on any atom is 0.165 e. The zero-order valence-electron chi connectivity index (χ0n) is 9.75. The fourth-order valence-electron chi connectivity index (χ4n) is 2.32. The van der Waals surface area contributed by atoms with E-state index >= 15 is 0 Å². The van der Waals surface area contributed by atoms with Gasteiger partial charge in [0.25, 0.3) is 0 Å². The minimum absolute atomic E-state index is 0.295. The first-order chi connectivity index (χ1) is 7.55. The molecule has 2 heteroatoms. The monoisotopic (exact) mass is 232 g/mol. The second-order valence-electron chi connectivity index (χ2n) is 5.50. The average molecular weight is 232 g/mol. The number of Topliss-reactive ketones (excluding diaryl/α,β-unsaturated/α-hetero) is 1. The van der Waals surface area contributed by atoms with Gasteiger partial charge in [-0.2, -0.15) is 0 Å². The van der Waals surface area contributed by atoms with Crippen LogP contribution in [0, 0.1) is 5.92 Å². The van der Waals surface area contributed by atoms with Gasteiger partial charge in [-0.1, -0.05) is 26.0 Å². The van der Waals surface area contributed by atoms with Crippen molar-refractivity contribution in [2.75, 3.05) is 0 Å². The van der Waals surface area contributed by atoms with Crippen molar-refractivity contribution in [3.05, 3.63) is 29.3 Å². The molecule has 0 unspecified atom stereocenters. The molecule has 1 heterocycles. The van der Waals surface area contributed by atoms with Crippen LogP contribution in [0.5, 0.6) is 0 Å². The topological polar surface area (TPSA) is 17.1 Å². The largest absolute Gasteiger partial charge is 0.294 e. The van der Waals surface area contributed by atoms with Crippen molar-refractivity contribution in [3.8, 4) is 0 Å². The van der Waals surface area contributed by atoms with Crippen molar-refractivity contribution in [1.29, 1.82) is 0 Å². The van der Waals surface area contributed by atoms with E-state index in [1.165, 1.54) is 10.5 Å². The number of thioether (sulfide) groups is 1. The Morgan fingerprint density at radius 1 is 1.38 bits per heavy atom. The van der Waals surface area contributed by atoms with Crippen molar-refractivity contribution in [2.24, 2.45) is 5.92 Å². The Kier molecular flexibility index (Phi) is 2.19. The van der Waals surface area contributed by atoms with Gasteiger partial charge in [-0.25, -0.2) is 0 Å². The number of ketones is 1. The first-order valence-corrected chi connectivity index (χ1v) is 6.73. The van der Waals surface area contributed by atoms with Gasteiger partial charge in [0.2, 0.25) is 0 Å². The summed E-state index contributed by atoms with van der Waals surface area (Å²) in [5.74, 6) is 0.686. The molecular formula is C14H16OS. The lowest BCUT2D eigenvalue weighted by molar-refractivity contribution is 0.0967. The van der Waals surface area contributed by atoms with Gasteiger partial charge in [0.1, 0.15) is 0 Å². The van der Waals surface area contributed by atoms with Gasteiger partial charge in [-0.05, 0) is 30.9 Å². The molecule has 0 amide bonds. The molecule has 16 heavy (non-hydrogen) atoms. The average Bonchev–Trinajstić information content (AvgIpc) is 2.98. The van der Waals surface area contributed by atoms with Crippen LogP contribution in [-0.4, -0.2) is 10.5 Å². The van der Waals surface area contributed by atoms with Crippen LogP contribution in [0.2, 0.25) is 0 Å². The summed E-state index contributed by atoms with van der Waals surface area (Å²) in [6, 6.07) is 6.27. The van der Waals surface area contributed by atoms with Crippen molar-refractivity contribution >= 4 is 17.5 Å². The number of fused-ring (bicyclic) bond motifs is 1. The Labute approximate surface area is 101 Å². The van der Waals surface area contributed by atoms with Crippen LogP contribution >= 0.6 is 11.8 Å². The summed E-state index contributed by atoms with van der Waals surface area (Å²) >= 11 is 1.90. The summed E-state index contributed by atoms with van der Waals surface area (Å²) in [7, 11) is 0. The van der Waals surface area contributed by atoms with E-state index in [0.717, 1.165) is 24.8 Å². The van der Waals surface area contributed by atoms with Crippen LogP contribution in [0.3, 0.4) is 0 Å². The van der Waals surface area contributed by atoms with Gasteiger partial charge >= 0.3 is 0 Å². The third-order valence-corrected chi connectivity index (χ3v) is 4.60. The molecule has 1 aliphatic heterocycles. The lowest BCUT2D eigenvalue weighted by Crippen LogP contribution is -2.11. The highest BCUT2D eigenvalue weighted by Gasteiger charge is 2.33. The molecule has 0 radical (unpaired) electrons. The van der Waals surface area contributed by atoms with Gasteiger partial charge in [0, 0.05) is 21.1 Å². The molecule has 3 rings (SSSR count). The smallest absolute Gasteiger partial charge is 0.165 e. The second kappa shape index (κ2) is 3.36. The molecule has 0 bridgehead atoms. The molecule has 1 aromatic rings. The number of hydrogen-bond acceptors (Lipinski definition) is 2. The van der Waals surface area contributed by atoms with E-state index in [0.29, 0.717) is 16.4 Å². The summed E-state index contributed by atoms with van der Waals surface area (Å²) in [5, 5.41) is 0. The van der Waals surface area contributed by atoms with Gasteiger partial charge in [-0.3, -0.25) is 4.79 Å². The fraction of sp³-hybridized carbons (Fsp3) is 0.500. The Morgan fingerprint density at radius 2 is 2.12 bits per heavy atom. The number of carbonyl (C=O) groups excluding carboxylic acids is 1. The van der Waals surface area contributed by atoms with Crippen LogP contribution in [0.4, 0.5) is 0 Å². The molecule has 84 valence electrons. The minimum Gasteiger partial charge on any atom is -0.294 e. The maximum absolute atomic E-state index is 12.0. The van der Waals surface area contributed by atoms with E-state index in [9.17, 15) is 4.79 Å². The van der Waals surface area contributed by atoms with Gasteiger partial charge < -0.3 is 0 Å². The molecule has 1 saturated carbocycles. The van der Waals surface area contributed by atoms with Crippen LogP contribution in [-0.2, 0) is 6.42 Å². The predicted molar refractivity (Wildman–Crippen MR) is 67.1 cm³/mol. The summed E-state index contributed by atoms with van der Waals surface area (Å²) in [4.78, 5) is 13.3. The Balaban J connectivity index is 1.92. The molecule has 0 aromatic heterocycles. The van der Waals surface area contributed by atoms with Crippen molar-refractivity contribution < 1.29 is 4.79 Å². The van der Waals surface area contributed by atoms with Crippen molar-refractivity contribution in [3.63, 3.8) is 0 Å². The zero-order valence-corrected chi connectivity index (χ0v) is 10.6. The normalized spacial score (nSPS) is 21.9. The summed E-state index contributed by atoms with van der Waals surface area (Å²) in [5.41, 5.74) is 2.33. The maximum atomic E-state index is 12.0. The fourth-order valence-corrected chi connectivity index (χ4v) is 3.60.